The molecular weight excluding hydrogens is 212 g/mol. The summed E-state index contributed by atoms with van der Waals surface area (Å²) in [5.74, 6) is 0.101. The zero-order valence-electron chi connectivity index (χ0n) is 10.8. The molecule has 0 saturated carbocycles. The highest BCUT2D eigenvalue weighted by Crippen LogP contribution is 1.97. The molecule has 0 saturated heterocycles. The van der Waals surface area contributed by atoms with Gasteiger partial charge in [0.15, 0.2) is 0 Å². The van der Waals surface area contributed by atoms with Crippen molar-refractivity contribution < 1.29 is 4.79 Å². The van der Waals surface area contributed by atoms with Gasteiger partial charge in [-0.25, -0.2) is 0 Å². The maximum Gasteiger partial charge on any atom is 0.234 e. The van der Waals surface area contributed by atoms with Gasteiger partial charge in [0, 0.05) is 6.54 Å². The van der Waals surface area contributed by atoms with Gasteiger partial charge < -0.3 is 5.32 Å². The van der Waals surface area contributed by atoms with E-state index in [1.807, 2.05) is 30.3 Å². The van der Waals surface area contributed by atoms with Crippen molar-refractivity contribution in [2.75, 3.05) is 19.6 Å². The van der Waals surface area contributed by atoms with E-state index in [9.17, 15) is 4.79 Å². The lowest BCUT2D eigenvalue weighted by Crippen LogP contribution is -2.37. The minimum absolute atomic E-state index is 0.101. The molecule has 0 aliphatic heterocycles. The predicted molar refractivity (Wildman–Crippen MR) is 70.7 cm³/mol. The first-order valence-electron chi connectivity index (χ1n) is 6.29. The van der Waals surface area contributed by atoms with Gasteiger partial charge in [-0.15, -0.1) is 0 Å². The molecule has 1 N–H and O–H groups in total. The van der Waals surface area contributed by atoms with Crippen molar-refractivity contribution in [2.45, 2.75) is 26.8 Å². The van der Waals surface area contributed by atoms with E-state index in [4.69, 9.17) is 0 Å². The van der Waals surface area contributed by atoms with Crippen LogP contribution in [-0.2, 0) is 11.3 Å². The van der Waals surface area contributed by atoms with Crippen LogP contribution in [0.2, 0.25) is 0 Å². The lowest BCUT2D eigenvalue weighted by atomic mass is 10.2. The Balaban J connectivity index is 2.30. The monoisotopic (exact) mass is 234 g/mol. The molecule has 0 aromatic heterocycles. The molecular formula is C14H22N2O. The van der Waals surface area contributed by atoms with E-state index < -0.39 is 0 Å². The molecule has 0 spiro atoms. The fraction of sp³-hybridized carbons (Fsp3) is 0.500. The number of carbonyl (C=O) groups is 1. The molecule has 0 atom stereocenters. The van der Waals surface area contributed by atoms with Gasteiger partial charge in [-0.3, -0.25) is 9.69 Å². The second-order valence-electron chi connectivity index (χ2n) is 4.13. The number of amides is 1. The Hall–Kier alpha value is -1.35. The zero-order chi connectivity index (χ0) is 12.5. The molecule has 0 bridgehead atoms. The topological polar surface area (TPSA) is 32.3 Å². The van der Waals surface area contributed by atoms with Crippen molar-refractivity contribution in [3.63, 3.8) is 0 Å². The lowest BCUT2D eigenvalue weighted by Gasteiger charge is -2.18. The molecule has 17 heavy (non-hydrogen) atoms. The van der Waals surface area contributed by atoms with Crippen molar-refractivity contribution in [1.29, 1.82) is 0 Å². The number of likely N-dealkylation sites (N-methyl/N-ethyl adjacent to an activating group) is 1. The molecule has 0 unspecified atom stereocenters. The maximum absolute atomic E-state index is 11.7. The standard InChI is InChI=1S/C14H22N2O/c1-3-10-16(4-2)12-14(17)15-11-13-8-6-5-7-9-13/h5-9H,3-4,10-12H2,1-2H3,(H,15,17). The largest absolute Gasteiger partial charge is 0.351 e. The summed E-state index contributed by atoms with van der Waals surface area (Å²) >= 11 is 0. The van der Waals surface area contributed by atoms with E-state index in [1.165, 1.54) is 0 Å². The Morgan fingerprint density at radius 2 is 1.94 bits per heavy atom. The fourth-order valence-corrected chi connectivity index (χ4v) is 1.72. The number of nitrogens with zero attached hydrogens (tertiary/aromatic N) is 1. The van der Waals surface area contributed by atoms with Crippen LogP contribution in [0.15, 0.2) is 30.3 Å². The Bertz CT molecular complexity index is 324. The average molecular weight is 234 g/mol. The third-order valence-electron chi connectivity index (χ3n) is 2.69. The molecule has 0 aliphatic rings. The summed E-state index contributed by atoms with van der Waals surface area (Å²) in [7, 11) is 0. The maximum atomic E-state index is 11.7. The molecule has 3 heteroatoms. The molecule has 3 nitrogen and oxygen atoms in total. The molecule has 1 aromatic carbocycles. The highest BCUT2D eigenvalue weighted by molar-refractivity contribution is 5.77. The van der Waals surface area contributed by atoms with Crippen molar-refractivity contribution >= 4 is 5.91 Å². The molecule has 0 aliphatic carbocycles. The van der Waals surface area contributed by atoms with Crippen LogP contribution < -0.4 is 5.32 Å². The van der Waals surface area contributed by atoms with E-state index in [0.29, 0.717) is 13.1 Å². The molecule has 1 rings (SSSR count). The van der Waals surface area contributed by atoms with Crippen molar-refractivity contribution in [3.8, 4) is 0 Å². The Morgan fingerprint density at radius 1 is 1.24 bits per heavy atom. The molecule has 0 fully saturated rings. The average Bonchev–Trinajstić information content (AvgIpc) is 2.37. The van der Waals surface area contributed by atoms with Gasteiger partial charge in [0.05, 0.1) is 6.54 Å². The number of hydrogen-bond donors (Lipinski definition) is 1. The first-order chi connectivity index (χ1) is 8.26. The summed E-state index contributed by atoms with van der Waals surface area (Å²) in [6.45, 7) is 7.23. The van der Waals surface area contributed by atoms with E-state index in [1.54, 1.807) is 0 Å². The van der Waals surface area contributed by atoms with Gasteiger partial charge in [-0.05, 0) is 25.1 Å². The molecule has 0 heterocycles. The molecule has 0 radical (unpaired) electrons. The highest BCUT2D eigenvalue weighted by atomic mass is 16.2. The SMILES string of the molecule is CCCN(CC)CC(=O)NCc1ccccc1. The van der Waals surface area contributed by atoms with Crippen molar-refractivity contribution in [1.82, 2.24) is 10.2 Å². The van der Waals surface area contributed by atoms with E-state index >= 15 is 0 Å². The van der Waals surface area contributed by atoms with E-state index in [2.05, 4.69) is 24.1 Å². The minimum Gasteiger partial charge on any atom is -0.351 e. The normalized spacial score (nSPS) is 10.5. The van der Waals surface area contributed by atoms with E-state index in [-0.39, 0.29) is 5.91 Å². The number of hydrogen-bond acceptors (Lipinski definition) is 2. The highest BCUT2D eigenvalue weighted by Gasteiger charge is 2.07. The quantitative estimate of drug-likeness (QED) is 0.783. The smallest absolute Gasteiger partial charge is 0.234 e. The minimum atomic E-state index is 0.101. The van der Waals surface area contributed by atoms with Gasteiger partial charge in [-0.1, -0.05) is 44.2 Å². The summed E-state index contributed by atoms with van der Waals surface area (Å²) < 4.78 is 0. The zero-order valence-corrected chi connectivity index (χ0v) is 10.8. The van der Waals surface area contributed by atoms with Gasteiger partial charge in [0.2, 0.25) is 5.91 Å². The van der Waals surface area contributed by atoms with Crippen LogP contribution in [0, 0.1) is 0 Å². The predicted octanol–water partition coefficient (Wildman–Crippen LogP) is 2.03. The molecule has 1 amide bonds. The van der Waals surface area contributed by atoms with Crippen LogP contribution in [-0.4, -0.2) is 30.4 Å². The summed E-state index contributed by atoms with van der Waals surface area (Å²) in [5, 5.41) is 2.94. The molecule has 94 valence electrons. The third kappa shape index (κ3) is 5.50. The lowest BCUT2D eigenvalue weighted by molar-refractivity contribution is -0.122. The summed E-state index contributed by atoms with van der Waals surface area (Å²) in [4.78, 5) is 13.9. The van der Waals surface area contributed by atoms with Gasteiger partial charge in [0.1, 0.15) is 0 Å². The second kappa shape index (κ2) is 7.85. The van der Waals surface area contributed by atoms with Crippen LogP contribution in [0.1, 0.15) is 25.8 Å². The van der Waals surface area contributed by atoms with E-state index in [0.717, 1.165) is 25.1 Å². The first kappa shape index (κ1) is 13.7. The fourth-order valence-electron chi connectivity index (χ4n) is 1.72. The van der Waals surface area contributed by atoms with Gasteiger partial charge >= 0.3 is 0 Å². The summed E-state index contributed by atoms with van der Waals surface area (Å²) in [5.41, 5.74) is 1.14. The molecule has 1 aromatic rings. The number of carbonyl (C=O) groups excluding carboxylic acids is 1. The number of rotatable bonds is 7. The Morgan fingerprint density at radius 3 is 2.53 bits per heavy atom. The van der Waals surface area contributed by atoms with Crippen molar-refractivity contribution in [3.05, 3.63) is 35.9 Å². The Labute approximate surface area is 104 Å². The van der Waals surface area contributed by atoms with Crippen LogP contribution in [0.3, 0.4) is 0 Å². The summed E-state index contributed by atoms with van der Waals surface area (Å²) in [6, 6.07) is 9.98. The Kier molecular flexibility index (Phi) is 6.33. The van der Waals surface area contributed by atoms with Crippen LogP contribution >= 0.6 is 0 Å². The second-order valence-corrected chi connectivity index (χ2v) is 4.13. The van der Waals surface area contributed by atoms with Crippen molar-refractivity contribution in [2.24, 2.45) is 0 Å². The van der Waals surface area contributed by atoms with Gasteiger partial charge in [-0.2, -0.15) is 0 Å². The summed E-state index contributed by atoms with van der Waals surface area (Å²) in [6.07, 6.45) is 1.08. The first-order valence-corrected chi connectivity index (χ1v) is 6.29. The van der Waals surface area contributed by atoms with Gasteiger partial charge in [0.25, 0.3) is 0 Å². The third-order valence-corrected chi connectivity index (χ3v) is 2.69. The van der Waals surface area contributed by atoms with Crippen LogP contribution in [0.25, 0.3) is 0 Å². The van der Waals surface area contributed by atoms with Crippen LogP contribution in [0.5, 0.6) is 0 Å². The number of nitrogens with one attached hydrogen (secondary N) is 1. The van der Waals surface area contributed by atoms with Crippen LogP contribution in [0.4, 0.5) is 0 Å². The number of benzene rings is 1.